The van der Waals surface area contributed by atoms with Crippen molar-refractivity contribution < 1.29 is 8.85 Å². The molecule has 12 heteroatoms. The van der Waals surface area contributed by atoms with Gasteiger partial charge in [-0.15, -0.1) is 5.10 Å². The number of H-pyrrole nitrogens is 2. The third-order valence-corrected chi connectivity index (χ3v) is 4.13. The molecule has 3 rings (SSSR count). The zero-order valence-corrected chi connectivity index (χ0v) is 16.0. The highest BCUT2D eigenvalue weighted by atomic mass is 35.5. The Morgan fingerprint density at radius 3 is 2.59 bits per heavy atom. The smallest absolute Gasteiger partial charge is 0.349 e. The number of benzene rings is 1. The van der Waals surface area contributed by atoms with Gasteiger partial charge in [0.25, 0.3) is 11.1 Å². The van der Waals surface area contributed by atoms with Crippen molar-refractivity contribution in [3.8, 4) is 23.4 Å². The molecule has 0 aliphatic carbocycles. The predicted octanol–water partition coefficient (Wildman–Crippen LogP) is 2.10. The zero-order chi connectivity index (χ0) is 23.8. The topological polar surface area (TPSA) is 147 Å². The van der Waals surface area contributed by atoms with Gasteiger partial charge in [-0.2, -0.15) is 9.94 Å². The molecule has 10 nitrogen and oxygen atoms in total. The Morgan fingerprint density at radius 2 is 1.97 bits per heavy atom. The van der Waals surface area contributed by atoms with E-state index in [1.165, 1.54) is 19.1 Å². The summed E-state index contributed by atoms with van der Waals surface area (Å²) >= 11 is 12.4. The Bertz CT molecular complexity index is 1400. The van der Waals surface area contributed by atoms with Gasteiger partial charge in [-0.25, -0.2) is 9.78 Å². The highest BCUT2D eigenvalue weighted by Gasteiger charge is 2.16. The molecular formula is C17H12Cl2N6O4. The van der Waals surface area contributed by atoms with Crippen molar-refractivity contribution in [3.05, 3.63) is 71.0 Å². The fraction of sp³-hybridized carbons (Fsp3) is 0.176. The summed E-state index contributed by atoms with van der Waals surface area (Å²) in [5.74, 6) is -1.46. The number of rotatable bonds is 4. The second kappa shape index (κ2) is 7.90. The van der Waals surface area contributed by atoms with Gasteiger partial charge in [0.1, 0.15) is 11.8 Å². The van der Waals surface area contributed by atoms with Crippen molar-refractivity contribution in [2.75, 3.05) is 0 Å². The number of nitrogens with zero attached hydrogens (tertiary/aromatic N) is 4. The molecule has 0 aliphatic rings. The highest BCUT2D eigenvalue weighted by Crippen LogP contribution is 2.37. The zero-order valence-electron chi connectivity index (χ0n) is 17.5. The predicted molar refractivity (Wildman–Crippen MR) is 104 cm³/mol. The molecule has 1 unspecified atom stereocenters. The molecule has 2 heterocycles. The number of nitrogens with one attached hydrogen (secondary N) is 2. The van der Waals surface area contributed by atoms with Crippen LogP contribution in [0.15, 0.2) is 32.7 Å². The average molecular weight is 438 g/mol. The van der Waals surface area contributed by atoms with Gasteiger partial charge in [0.05, 0.1) is 21.9 Å². The summed E-state index contributed by atoms with van der Waals surface area (Å²) < 4.78 is 28.7. The Morgan fingerprint density at radius 1 is 1.28 bits per heavy atom. The summed E-state index contributed by atoms with van der Waals surface area (Å²) in [6.45, 7) is -1.14. The van der Waals surface area contributed by atoms with E-state index in [0.29, 0.717) is 0 Å². The number of halogens is 2. The van der Waals surface area contributed by atoms with Crippen LogP contribution in [-0.2, 0) is 0 Å². The minimum absolute atomic E-state index is 0.0243. The summed E-state index contributed by atoms with van der Waals surface area (Å²) in [7, 11) is 0. The minimum atomic E-state index is -2.46. The van der Waals surface area contributed by atoms with Gasteiger partial charge in [-0.05, 0) is 12.1 Å². The van der Waals surface area contributed by atoms with Crippen LogP contribution in [0.5, 0.6) is 11.6 Å². The Hall–Kier alpha value is -3.42. The van der Waals surface area contributed by atoms with E-state index in [4.69, 9.17) is 37.3 Å². The highest BCUT2D eigenvalue weighted by molar-refractivity contribution is 6.37. The van der Waals surface area contributed by atoms with Gasteiger partial charge < -0.3 is 9.72 Å². The number of aromatic amines is 2. The van der Waals surface area contributed by atoms with E-state index >= 15 is 0 Å². The van der Waals surface area contributed by atoms with Crippen LogP contribution < -0.4 is 21.5 Å². The number of aromatic nitrogens is 5. The monoisotopic (exact) mass is 437 g/mol. The maximum absolute atomic E-state index is 12.0. The van der Waals surface area contributed by atoms with Crippen LogP contribution in [0.3, 0.4) is 0 Å². The van der Waals surface area contributed by atoms with Crippen LogP contribution in [0, 0.1) is 11.3 Å². The van der Waals surface area contributed by atoms with Gasteiger partial charge >= 0.3 is 5.69 Å². The van der Waals surface area contributed by atoms with E-state index in [0.717, 1.165) is 10.9 Å². The van der Waals surface area contributed by atoms with Crippen molar-refractivity contribution in [2.24, 2.45) is 0 Å². The Kier molecular flexibility index (Phi) is 4.50. The molecule has 2 N–H and O–H groups in total. The van der Waals surface area contributed by atoms with E-state index in [-0.39, 0.29) is 33.1 Å². The van der Waals surface area contributed by atoms with Gasteiger partial charge in [0, 0.05) is 10.0 Å². The molecule has 1 atom stereocenters. The number of hydrogen-bond acceptors (Lipinski definition) is 7. The fourth-order valence-corrected chi connectivity index (χ4v) is 2.82. The lowest BCUT2D eigenvalue weighted by Gasteiger charge is -2.12. The van der Waals surface area contributed by atoms with E-state index in [9.17, 15) is 14.4 Å². The fourth-order valence-electron chi connectivity index (χ4n) is 2.27. The molecule has 2 aromatic heterocycles. The summed E-state index contributed by atoms with van der Waals surface area (Å²) in [6, 6.07) is 4.01. The molecule has 0 spiro atoms. The molecule has 3 aromatic rings. The summed E-state index contributed by atoms with van der Waals surface area (Å²) in [5, 5.41) is 12.4. The van der Waals surface area contributed by atoms with Crippen LogP contribution in [0.4, 0.5) is 0 Å². The number of nitriles is 1. The van der Waals surface area contributed by atoms with Gasteiger partial charge in [0.2, 0.25) is 11.6 Å². The largest absolute Gasteiger partial charge is 0.434 e. The normalized spacial score (nSPS) is 13.7. The van der Waals surface area contributed by atoms with Crippen molar-refractivity contribution in [1.29, 1.82) is 5.26 Å². The van der Waals surface area contributed by atoms with Gasteiger partial charge in [0.15, 0.2) is 5.75 Å². The van der Waals surface area contributed by atoms with E-state index in [1.807, 2.05) is 4.98 Å². The number of ether oxygens (including phenoxy) is 1. The van der Waals surface area contributed by atoms with Crippen LogP contribution >= 0.6 is 23.2 Å². The Balaban J connectivity index is 2.03. The second-order valence-electron chi connectivity index (χ2n) is 5.65. The van der Waals surface area contributed by atoms with E-state index in [1.54, 1.807) is 6.07 Å². The van der Waals surface area contributed by atoms with Crippen molar-refractivity contribution in [2.45, 2.75) is 19.7 Å². The molecule has 0 saturated carbocycles. The third kappa shape index (κ3) is 4.06. The molecular weight excluding hydrogens is 423 g/mol. The minimum Gasteiger partial charge on any atom is -0.434 e. The summed E-state index contributed by atoms with van der Waals surface area (Å²) in [5.41, 5.74) is -3.36. The van der Waals surface area contributed by atoms with Crippen molar-refractivity contribution in [1.82, 2.24) is 24.7 Å². The van der Waals surface area contributed by atoms with E-state index < -0.39 is 35.3 Å². The van der Waals surface area contributed by atoms with Crippen LogP contribution in [0.2, 0.25) is 10.0 Å². The maximum atomic E-state index is 12.0. The molecule has 0 fully saturated rings. The molecule has 148 valence electrons. The van der Waals surface area contributed by atoms with Gasteiger partial charge in [-0.1, -0.05) is 37.0 Å². The summed E-state index contributed by atoms with van der Waals surface area (Å²) in [4.78, 5) is 43.8. The SMILES string of the molecule is [2H]C([2H])([2H])C(C)c1nc(Oc2c(Cl)cc(-n3nc(C#N)c(=O)[nH]c3=O)cc2Cl)c[nH]c1=O. The molecule has 0 bridgehead atoms. The third-order valence-electron chi connectivity index (χ3n) is 3.57. The molecule has 0 aliphatic heterocycles. The quantitative estimate of drug-likeness (QED) is 0.634. The van der Waals surface area contributed by atoms with E-state index in [2.05, 4.69) is 15.1 Å². The van der Waals surface area contributed by atoms with Crippen LogP contribution in [0.1, 0.15) is 35.2 Å². The molecule has 1 aromatic carbocycles. The second-order valence-corrected chi connectivity index (χ2v) is 6.46. The molecule has 0 amide bonds. The summed E-state index contributed by atoms with van der Waals surface area (Å²) in [6.07, 6.45) is 1.10. The first kappa shape index (κ1) is 16.5. The van der Waals surface area contributed by atoms with Crippen molar-refractivity contribution in [3.63, 3.8) is 0 Å². The first-order valence-electron chi connectivity index (χ1n) is 9.33. The lowest BCUT2D eigenvalue weighted by atomic mass is 10.1. The van der Waals surface area contributed by atoms with Crippen molar-refractivity contribution >= 4 is 23.2 Å². The standard InChI is InChI=1S/C17H12Cl2N6O4/c1-7(2)13-16(27)21-6-12(22-13)29-14-9(18)3-8(4-10(14)19)25-17(28)23-15(26)11(5-20)24-25/h3-4,6-7H,1-2H3,(H,21,27)(H,23,26,28)/i1D3. The average Bonchev–Trinajstić information content (AvgIpc) is 2.70. The van der Waals surface area contributed by atoms with Crippen LogP contribution in [-0.4, -0.2) is 24.7 Å². The van der Waals surface area contributed by atoms with Crippen LogP contribution in [0.25, 0.3) is 5.69 Å². The maximum Gasteiger partial charge on any atom is 0.349 e. The molecule has 0 radical (unpaired) electrons. The first-order valence-corrected chi connectivity index (χ1v) is 8.58. The lowest BCUT2D eigenvalue weighted by Crippen LogP contribution is -2.33. The number of hydrogen-bond donors (Lipinski definition) is 2. The Labute approximate surface area is 176 Å². The molecule has 0 saturated heterocycles. The lowest BCUT2D eigenvalue weighted by molar-refractivity contribution is 0.455. The molecule has 29 heavy (non-hydrogen) atoms. The van der Waals surface area contributed by atoms with Gasteiger partial charge in [-0.3, -0.25) is 14.6 Å². The first-order chi connectivity index (χ1) is 14.9.